The van der Waals surface area contributed by atoms with Gasteiger partial charge in [0.2, 0.25) is 0 Å². The summed E-state index contributed by atoms with van der Waals surface area (Å²) < 4.78 is 11.5. The summed E-state index contributed by atoms with van der Waals surface area (Å²) in [5.41, 5.74) is 2.15. The molecule has 0 radical (unpaired) electrons. The Balaban J connectivity index is 1.63. The van der Waals surface area contributed by atoms with E-state index in [-0.39, 0.29) is 24.2 Å². The van der Waals surface area contributed by atoms with Gasteiger partial charge < -0.3 is 30.3 Å². The lowest BCUT2D eigenvalue weighted by Crippen LogP contribution is -2.49. The van der Waals surface area contributed by atoms with Gasteiger partial charge in [0.1, 0.15) is 0 Å². The Kier molecular flexibility index (Phi) is 9.10. The second kappa shape index (κ2) is 11.8. The maximum Gasteiger partial charge on any atom is 0.404 e. The summed E-state index contributed by atoms with van der Waals surface area (Å²) in [7, 11) is 0. The lowest BCUT2D eigenvalue weighted by atomic mass is 9.83. The zero-order valence-electron chi connectivity index (χ0n) is 19.6. The van der Waals surface area contributed by atoms with Crippen LogP contribution in [0.15, 0.2) is 24.3 Å². The van der Waals surface area contributed by atoms with Crippen molar-refractivity contribution < 1.29 is 24.5 Å². The van der Waals surface area contributed by atoms with Gasteiger partial charge in [-0.25, -0.2) is 4.79 Å². The molecule has 182 valence electrons. The molecule has 2 fully saturated rings. The summed E-state index contributed by atoms with van der Waals surface area (Å²) in [5.74, 6) is 0.524. The fourth-order valence-electron chi connectivity index (χ4n) is 4.98. The number of benzene rings is 1. The van der Waals surface area contributed by atoms with Crippen molar-refractivity contribution in [3.05, 3.63) is 35.4 Å². The van der Waals surface area contributed by atoms with E-state index in [1.807, 2.05) is 18.2 Å². The van der Waals surface area contributed by atoms with E-state index >= 15 is 0 Å². The van der Waals surface area contributed by atoms with E-state index in [1.54, 1.807) is 0 Å². The molecule has 1 aromatic carbocycles. The van der Waals surface area contributed by atoms with Crippen LogP contribution in [0, 0.1) is 22.7 Å². The van der Waals surface area contributed by atoms with Crippen molar-refractivity contribution in [3.8, 4) is 6.07 Å². The van der Waals surface area contributed by atoms with Gasteiger partial charge in [0, 0.05) is 31.3 Å². The number of fused-ring (bicyclic) bond motifs is 1. The number of nitrogens with zero attached hydrogens (tertiary/aromatic N) is 1. The molecule has 1 aromatic rings. The fourth-order valence-corrected chi connectivity index (χ4v) is 4.98. The smallest absolute Gasteiger partial charge is 0.404 e. The van der Waals surface area contributed by atoms with Crippen molar-refractivity contribution >= 4 is 6.09 Å². The summed E-state index contributed by atoms with van der Waals surface area (Å²) in [4.78, 5) is 11.5. The Morgan fingerprint density at radius 3 is 2.88 bits per heavy atom. The number of carboxylic acid groups (broad SMARTS) is 1. The number of aliphatic hydroxyl groups is 1. The Morgan fingerprint density at radius 2 is 2.12 bits per heavy atom. The van der Waals surface area contributed by atoms with Crippen molar-refractivity contribution in [2.75, 3.05) is 26.3 Å². The Labute approximate surface area is 196 Å². The molecule has 0 unspecified atom stereocenters. The third kappa shape index (κ3) is 7.15. The number of rotatable bonds is 12. The lowest BCUT2D eigenvalue weighted by molar-refractivity contribution is -0.0905. The minimum absolute atomic E-state index is 0.0126. The number of hydrogen-bond donors (Lipinski definition) is 4. The van der Waals surface area contributed by atoms with Crippen molar-refractivity contribution in [1.29, 1.82) is 5.26 Å². The van der Waals surface area contributed by atoms with Crippen LogP contribution in [0.5, 0.6) is 0 Å². The molecule has 33 heavy (non-hydrogen) atoms. The lowest BCUT2D eigenvalue weighted by Gasteiger charge is -2.28. The number of amides is 1. The first-order valence-electron chi connectivity index (χ1n) is 11.9. The predicted octanol–water partition coefficient (Wildman–Crippen LogP) is 3.01. The zero-order valence-corrected chi connectivity index (χ0v) is 19.6. The first kappa shape index (κ1) is 25.4. The van der Waals surface area contributed by atoms with Crippen LogP contribution in [0.3, 0.4) is 0 Å². The molecule has 2 aliphatic heterocycles. The van der Waals surface area contributed by atoms with Gasteiger partial charge in [-0.1, -0.05) is 38.1 Å². The second-order valence-electron chi connectivity index (χ2n) is 9.96. The number of aliphatic hydroxyl groups excluding tert-OH is 1. The third-order valence-corrected chi connectivity index (χ3v) is 6.81. The first-order valence-corrected chi connectivity index (χ1v) is 11.9. The van der Waals surface area contributed by atoms with Crippen LogP contribution < -0.4 is 10.6 Å². The van der Waals surface area contributed by atoms with Gasteiger partial charge in [-0.2, -0.15) is 5.26 Å². The van der Waals surface area contributed by atoms with Crippen molar-refractivity contribution in [3.63, 3.8) is 0 Å². The molecular weight excluding hydrogens is 422 g/mol. The number of ether oxygens (including phenoxy) is 2. The molecule has 4 N–H and O–H groups in total. The third-order valence-electron chi connectivity index (χ3n) is 6.81. The largest absolute Gasteiger partial charge is 0.465 e. The van der Waals surface area contributed by atoms with E-state index in [2.05, 4.69) is 36.6 Å². The van der Waals surface area contributed by atoms with Gasteiger partial charge in [-0.05, 0) is 42.2 Å². The van der Waals surface area contributed by atoms with Crippen LogP contribution in [-0.2, 0) is 15.9 Å². The molecule has 0 spiro atoms. The van der Waals surface area contributed by atoms with Crippen LogP contribution in [0.2, 0.25) is 0 Å². The number of carbonyl (C=O) groups is 1. The maximum absolute atomic E-state index is 11.5. The summed E-state index contributed by atoms with van der Waals surface area (Å²) in [6.07, 6.45) is 1.45. The molecule has 8 heteroatoms. The van der Waals surface area contributed by atoms with Crippen molar-refractivity contribution in [2.45, 2.75) is 70.3 Å². The molecule has 0 bridgehead atoms. The number of nitriles is 1. The van der Waals surface area contributed by atoms with Gasteiger partial charge in [0.25, 0.3) is 0 Å². The van der Waals surface area contributed by atoms with Crippen molar-refractivity contribution in [1.82, 2.24) is 10.6 Å². The van der Waals surface area contributed by atoms with E-state index in [1.165, 1.54) is 0 Å². The standard InChI is InChI=1S/C25H37N3O5/c1-25(2,10-5-6-11-26)16-27-14-22(29)21(28-24(30)31)13-17-7-3-4-8-18(17)20-15-33-23-19(20)9-12-32-23/h3-4,7-8,19-23,27-29H,5-6,9-10,12-16H2,1-2H3,(H,30,31)/t19-,20-,21+,22-,23+/m1/s1. The summed E-state index contributed by atoms with van der Waals surface area (Å²) >= 11 is 0. The minimum atomic E-state index is -1.15. The molecule has 2 heterocycles. The van der Waals surface area contributed by atoms with E-state index in [4.69, 9.17) is 14.7 Å². The maximum atomic E-state index is 11.5. The van der Waals surface area contributed by atoms with Crippen LogP contribution in [0.4, 0.5) is 4.79 Å². The second-order valence-corrected chi connectivity index (χ2v) is 9.96. The molecule has 3 rings (SSSR count). The molecule has 5 atom stereocenters. The van der Waals surface area contributed by atoms with Crippen molar-refractivity contribution in [2.24, 2.45) is 11.3 Å². The number of unbranched alkanes of at least 4 members (excludes halogenated alkanes) is 1. The van der Waals surface area contributed by atoms with Gasteiger partial charge in [0.05, 0.1) is 31.4 Å². The van der Waals surface area contributed by atoms with E-state index < -0.39 is 18.2 Å². The monoisotopic (exact) mass is 459 g/mol. The van der Waals surface area contributed by atoms with Gasteiger partial charge >= 0.3 is 6.09 Å². The number of nitrogens with one attached hydrogen (secondary N) is 2. The predicted molar refractivity (Wildman–Crippen MR) is 124 cm³/mol. The summed E-state index contributed by atoms with van der Waals surface area (Å²) in [6.45, 7) is 6.49. The molecule has 0 saturated carbocycles. The average Bonchev–Trinajstić information content (AvgIpc) is 3.37. The van der Waals surface area contributed by atoms with Crippen LogP contribution in [-0.4, -0.2) is 61.0 Å². The minimum Gasteiger partial charge on any atom is -0.465 e. The van der Waals surface area contributed by atoms with Gasteiger partial charge in [0.15, 0.2) is 6.29 Å². The van der Waals surface area contributed by atoms with E-state index in [0.717, 1.165) is 30.4 Å². The molecular formula is C25H37N3O5. The van der Waals surface area contributed by atoms with Gasteiger partial charge in [-0.15, -0.1) is 0 Å². The topological polar surface area (TPSA) is 124 Å². The van der Waals surface area contributed by atoms with Crippen LogP contribution in [0.25, 0.3) is 0 Å². The molecule has 0 aliphatic carbocycles. The molecule has 2 aliphatic rings. The highest BCUT2D eigenvalue weighted by molar-refractivity contribution is 5.65. The molecule has 8 nitrogen and oxygen atoms in total. The Morgan fingerprint density at radius 1 is 1.33 bits per heavy atom. The van der Waals surface area contributed by atoms with Gasteiger partial charge in [-0.3, -0.25) is 0 Å². The highest BCUT2D eigenvalue weighted by Crippen LogP contribution is 2.42. The highest BCUT2D eigenvalue weighted by Gasteiger charge is 2.43. The number of hydrogen-bond acceptors (Lipinski definition) is 6. The molecule has 2 saturated heterocycles. The SMILES string of the molecule is CC(C)(CCCC#N)CNC[C@@H](O)[C@H](Cc1ccccc1[C@H]1CO[C@@H]2OCC[C@@H]21)NC(=O)O. The van der Waals surface area contributed by atoms with Crippen LogP contribution in [0.1, 0.15) is 56.6 Å². The Bertz CT molecular complexity index is 825. The zero-order chi connectivity index (χ0) is 23.8. The van der Waals surface area contributed by atoms with E-state index in [9.17, 15) is 15.0 Å². The summed E-state index contributed by atoms with van der Waals surface area (Å²) in [5, 5.41) is 34.8. The highest BCUT2D eigenvalue weighted by atomic mass is 16.7. The molecule has 1 amide bonds. The first-order chi connectivity index (χ1) is 15.8. The average molecular weight is 460 g/mol. The fraction of sp³-hybridized carbons (Fsp3) is 0.680. The normalized spacial score (nSPS) is 24.1. The van der Waals surface area contributed by atoms with Crippen LogP contribution >= 0.6 is 0 Å². The summed E-state index contributed by atoms with van der Waals surface area (Å²) in [6, 6.07) is 9.55. The Hall–Kier alpha value is -2.18. The van der Waals surface area contributed by atoms with E-state index in [0.29, 0.717) is 38.5 Å². The molecule has 0 aromatic heterocycles. The quantitative estimate of drug-likeness (QED) is 0.354.